The third-order valence-electron chi connectivity index (χ3n) is 2.26. The zero-order chi connectivity index (χ0) is 14.6. The van der Waals surface area contributed by atoms with Crippen molar-refractivity contribution >= 4 is 34.8 Å². The van der Waals surface area contributed by atoms with Gasteiger partial charge in [0.2, 0.25) is 0 Å². The van der Waals surface area contributed by atoms with Crippen molar-refractivity contribution in [3.63, 3.8) is 0 Å². The molecule has 8 heteroatoms. The number of nitro benzene ring substituents is 1. The van der Waals surface area contributed by atoms with Crippen LogP contribution in [0, 0.1) is 10.1 Å². The molecule has 1 atom stereocenters. The van der Waals surface area contributed by atoms with Gasteiger partial charge < -0.3 is 10.1 Å². The van der Waals surface area contributed by atoms with Gasteiger partial charge in [-0.15, -0.1) is 0 Å². The fourth-order valence-electron chi connectivity index (χ4n) is 1.44. The van der Waals surface area contributed by atoms with Gasteiger partial charge in [0, 0.05) is 24.8 Å². The average molecular weight is 307 g/mol. The lowest BCUT2D eigenvalue weighted by Gasteiger charge is -2.13. The van der Waals surface area contributed by atoms with E-state index in [9.17, 15) is 14.9 Å². The third kappa shape index (κ3) is 4.05. The lowest BCUT2D eigenvalue weighted by molar-refractivity contribution is -0.384. The van der Waals surface area contributed by atoms with Gasteiger partial charge in [0.25, 0.3) is 11.6 Å². The van der Waals surface area contributed by atoms with Crippen molar-refractivity contribution in [2.45, 2.75) is 13.0 Å². The fraction of sp³-hybridized carbons (Fsp3) is 0.364. The molecule has 19 heavy (non-hydrogen) atoms. The van der Waals surface area contributed by atoms with E-state index < -0.39 is 16.5 Å². The Labute approximate surface area is 119 Å². The molecule has 0 saturated heterocycles. The van der Waals surface area contributed by atoms with Gasteiger partial charge >= 0.3 is 0 Å². The molecule has 0 aliphatic rings. The molecule has 0 radical (unpaired) electrons. The molecular weight excluding hydrogens is 295 g/mol. The predicted molar refractivity (Wildman–Crippen MR) is 71.9 cm³/mol. The standard InChI is InChI=1S/C11H12Cl2N2O4/c1-6(5-19-2)14-11(16)7-3-8(12)10(13)9(4-7)15(17)18/h3-4,6H,5H2,1-2H3,(H,14,16). The van der Waals surface area contributed by atoms with Crippen molar-refractivity contribution in [2.75, 3.05) is 13.7 Å². The van der Waals surface area contributed by atoms with Crippen LogP contribution in [0.3, 0.4) is 0 Å². The second-order valence-electron chi connectivity index (χ2n) is 3.88. The molecule has 1 aromatic carbocycles. The SMILES string of the molecule is COCC(C)NC(=O)c1cc(Cl)c(Cl)c([N+](=O)[O-])c1. The zero-order valence-electron chi connectivity index (χ0n) is 10.3. The molecule has 0 spiro atoms. The van der Waals surface area contributed by atoms with E-state index in [4.69, 9.17) is 27.9 Å². The fourth-order valence-corrected chi connectivity index (χ4v) is 1.83. The molecule has 6 nitrogen and oxygen atoms in total. The first-order valence-corrected chi connectivity index (χ1v) is 6.05. The number of halogens is 2. The van der Waals surface area contributed by atoms with Gasteiger partial charge in [0.05, 0.1) is 16.6 Å². The summed E-state index contributed by atoms with van der Waals surface area (Å²) in [6.07, 6.45) is 0. The topological polar surface area (TPSA) is 81.5 Å². The first-order valence-electron chi connectivity index (χ1n) is 5.30. The van der Waals surface area contributed by atoms with Crippen molar-refractivity contribution in [1.82, 2.24) is 5.32 Å². The van der Waals surface area contributed by atoms with Crippen molar-refractivity contribution in [1.29, 1.82) is 0 Å². The van der Waals surface area contributed by atoms with Gasteiger partial charge in [-0.05, 0) is 13.0 Å². The molecular formula is C11H12Cl2N2O4. The molecule has 0 bridgehead atoms. The summed E-state index contributed by atoms with van der Waals surface area (Å²) in [6, 6.07) is 2.14. The molecule has 1 aromatic rings. The minimum Gasteiger partial charge on any atom is -0.383 e. The van der Waals surface area contributed by atoms with Crippen LogP contribution in [-0.4, -0.2) is 30.6 Å². The van der Waals surface area contributed by atoms with Gasteiger partial charge in [-0.25, -0.2) is 0 Å². The van der Waals surface area contributed by atoms with Crippen LogP contribution < -0.4 is 5.32 Å². The van der Waals surface area contributed by atoms with Crippen LogP contribution in [0.1, 0.15) is 17.3 Å². The molecule has 0 saturated carbocycles. The van der Waals surface area contributed by atoms with Crippen LogP contribution in [0.25, 0.3) is 0 Å². The van der Waals surface area contributed by atoms with Crippen LogP contribution in [0.4, 0.5) is 5.69 Å². The van der Waals surface area contributed by atoms with E-state index in [0.717, 1.165) is 6.07 Å². The number of ether oxygens (including phenoxy) is 1. The largest absolute Gasteiger partial charge is 0.383 e. The first-order chi connectivity index (χ1) is 8.86. The lowest BCUT2D eigenvalue weighted by Crippen LogP contribution is -2.35. The Bertz CT molecular complexity index is 508. The van der Waals surface area contributed by atoms with Gasteiger partial charge in [0.1, 0.15) is 5.02 Å². The summed E-state index contributed by atoms with van der Waals surface area (Å²) in [6.45, 7) is 2.07. The second kappa shape index (κ2) is 6.70. The highest BCUT2D eigenvalue weighted by atomic mass is 35.5. The van der Waals surface area contributed by atoms with Gasteiger partial charge in [-0.2, -0.15) is 0 Å². The van der Waals surface area contributed by atoms with Crippen molar-refractivity contribution in [3.8, 4) is 0 Å². The molecule has 1 amide bonds. The van der Waals surface area contributed by atoms with E-state index in [1.54, 1.807) is 6.92 Å². The predicted octanol–water partition coefficient (Wildman–Crippen LogP) is 2.67. The van der Waals surface area contributed by atoms with E-state index in [0.29, 0.717) is 6.61 Å². The number of carbonyl (C=O) groups is 1. The Morgan fingerprint density at radius 2 is 2.16 bits per heavy atom. The number of benzene rings is 1. The van der Waals surface area contributed by atoms with Crippen LogP contribution in [0.15, 0.2) is 12.1 Å². The normalized spacial score (nSPS) is 12.0. The van der Waals surface area contributed by atoms with Crippen LogP contribution in [-0.2, 0) is 4.74 Å². The average Bonchev–Trinajstić information content (AvgIpc) is 2.32. The maximum atomic E-state index is 11.9. The molecule has 1 rings (SSSR count). The molecule has 0 heterocycles. The quantitative estimate of drug-likeness (QED) is 0.670. The summed E-state index contributed by atoms with van der Waals surface area (Å²) in [5.41, 5.74) is -0.331. The van der Waals surface area contributed by atoms with Crippen molar-refractivity contribution in [2.24, 2.45) is 0 Å². The highest BCUT2D eigenvalue weighted by Crippen LogP contribution is 2.33. The number of carbonyl (C=O) groups excluding carboxylic acids is 1. The number of amides is 1. The van der Waals surface area contributed by atoms with E-state index in [1.165, 1.54) is 13.2 Å². The Morgan fingerprint density at radius 1 is 1.53 bits per heavy atom. The Hall–Kier alpha value is -1.37. The molecule has 1 unspecified atom stereocenters. The smallest absolute Gasteiger partial charge is 0.290 e. The van der Waals surface area contributed by atoms with Gasteiger partial charge in [-0.3, -0.25) is 14.9 Å². The summed E-state index contributed by atoms with van der Waals surface area (Å²) >= 11 is 11.5. The molecule has 0 fully saturated rings. The van der Waals surface area contributed by atoms with E-state index in [-0.39, 0.29) is 21.7 Å². The Kier molecular flexibility index (Phi) is 5.53. The molecule has 0 aliphatic heterocycles. The number of hydrogen-bond acceptors (Lipinski definition) is 4. The monoisotopic (exact) mass is 306 g/mol. The summed E-state index contributed by atoms with van der Waals surface area (Å²) in [7, 11) is 1.51. The summed E-state index contributed by atoms with van der Waals surface area (Å²) in [4.78, 5) is 22.0. The van der Waals surface area contributed by atoms with E-state index in [1.807, 2.05) is 0 Å². The zero-order valence-corrected chi connectivity index (χ0v) is 11.8. The van der Waals surface area contributed by atoms with Gasteiger partial charge in [-0.1, -0.05) is 23.2 Å². The summed E-state index contributed by atoms with van der Waals surface area (Å²) in [5, 5.41) is 13.2. The summed E-state index contributed by atoms with van der Waals surface area (Å²) in [5.74, 6) is -0.480. The Morgan fingerprint density at radius 3 is 2.68 bits per heavy atom. The summed E-state index contributed by atoms with van der Waals surface area (Å²) < 4.78 is 4.88. The van der Waals surface area contributed by atoms with Crippen molar-refractivity contribution in [3.05, 3.63) is 37.9 Å². The lowest BCUT2D eigenvalue weighted by atomic mass is 10.1. The number of nitrogens with zero attached hydrogens (tertiary/aromatic N) is 1. The van der Waals surface area contributed by atoms with Crippen molar-refractivity contribution < 1.29 is 14.5 Å². The van der Waals surface area contributed by atoms with Crippen LogP contribution in [0.5, 0.6) is 0 Å². The van der Waals surface area contributed by atoms with Crippen LogP contribution in [0.2, 0.25) is 10.0 Å². The maximum Gasteiger partial charge on any atom is 0.290 e. The van der Waals surface area contributed by atoms with Gasteiger partial charge in [0.15, 0.2) is 0 Å². The van der Waals surface area contributed by atoms with E-state index >= 15 is 0 Å². The molecule has 1 N–H and O–H groups in total. The second-order valence-corrected chi connectivity index (χ2v) is 4.66. The third-order valence-corrected chi connectivity index (χ3v) is 3.05. The van der Waals surface area contributed by atoms with Crippen LogP contribution >= 0.6 is 23.2 Å². The maximum absolute atomic E-state index is 11.9. The molecule has 104 valence electrons. The minimum absolute atomic E-state index is 0.0413. The molecule has 0 aromatic heterocycles. The highest BCUT2D eigenvalue weighted by molar-refractivity contribution is 6.43. The van der Waals surface area contributed by atoms with E-state index in [2.05, 4.69) is 5.32 Å². The number of methoxy groups -OCH3 is 1. The Balaban J connectivity index is 3.01. The molecule has 0 aliphatic carbocycles. The number of nitrogens with one attached hydrogen (secondary N) is 1. The minimum atomic E-state index is -0.691. The number of nitro groups is 1. The number of rotatable bonds is 5. The number of hydrogen-bond donors (Lipinski definition) is 1. The highest BCUT2D eigenvalue weighted by Gasteiger charge is 2.20. The first kappa shape index (κ1) is 15.7.